The number of hydrogen-bond acceptors (Lipinski definition) is 5. The summed E-state index contributed by atoms with van der Waals surface area (Å²) >= 11 is 1.24. The highest BCUT2D eigenvalue weighted by Crippen LogP contribution is 2.29. The number of thiazole rings is 1. The molecule has 1 fully saturated rings. The first-order valence-corrected chi connectivity index (χ1v) is 7.71. The summed E-state index contributed by atoms with van der Waals surface area (Å²) in [4.78, 5) is 17.9. The first-order valence-electron chi connectivity index (χ1n) is 6.90. The lowest BCUT2D eigenvalue weighted by atomic mass is 10.1. The third-order valence-electron chi connectivity index (χ3n) is 3.67. The van der Waals surface area contributed by atoms with Gasteiger partial charge >= 0.3 is 6.18 Å². The number of halogens is 3. The van der Waals surface area contributed by atoms with Crippen molar-refractivity contribution in [3.05, 3.63) is 23.3 Å². The summed E-state index contributed by atoms with van der Waals surface area (Å²) in [7, 11) is 0. The minimum atomic E-state index is -4.48. The first kappa shape index (κ1) is 16.0. The van der Waals surface area contributed by atoms with Gasteiger partial charge in [-0.15, -0.1) is 0 Å². The van der Waals surface area contributed by atoms with E-state index in [2.05, 4.69) is 4.98 Å². The number of morpholine rings is 1. The predicted molar refractivity (Wildman–Crippen MR) is 80.5 cm³/mol. The summed E-state index contributed by atoms with van der Waals surface area (Å²) in [5.41, 5.74) is 7.47. The zero-order chi connectivity index (χ0) is 16.8. The Hall–Kier alpha value is -1.87. The van der Waals surface area contributed by atoms with Crippen molar-refractivity contribution < 1.29 is 22.7 Å². The molecule has 2 N–H and O–H groups in total. The quantitative estimate of drug-likeness (QED) is 0.863. The summed E-state index contributed by atoms with van der Waals surface area (Å²) in [5.74, 6) is -0.445. The lowest BCUT2D eigenvalue weighted by molar-refractivity contribution is -0.233. The topological polar surface area (TPSA) is 68.5 Å². The number of anilines is 1. The highest BCUT2D eigenvalue weighted by Gasteiger charge is 2.44. The lowest BCUT2D eigenvalue weighted by Crippen LogP contribution is -2.51. The number of fused-ring (bicyclic) bond motifs is 1. The zero-order valence-corrected chi connectivity index (χ0v) is 13.0. The van der Waals surface area contributed by atoms with Crippen molar-refractivity contribution in [2.24, 2.45) is 0 Å². The van der Waals surface area contributed by atoms with E-state index < -0.39 is 24.7 Å². The summed E-state index contributed by atoms with van der Waals surface area (Å²) in [6.07, 6.45) is -6.42. The monoisotopic (exact) mass is 345 g/mol. The number of nitrogens with two attached hydrogens (primary N) is 1. The molecule has 0 saturated carbocycles. The molecule has 2 aromatic rings. The number of nitrogens with zero attached hydrogens (tertiary/aromatic N) is 2. The van der Waals surface area contributed by atoms with Gasteiger partial charge in [0.1, 0.15) is 0 Å². The number of rotatable bonds is 1. The van der Waals surface area contributed by atoms with E-state index in [0.717, 1.165) is 10.3 Å². The van der Waals surface area contributed by atoms with Gasteiger partial charge in [0.2, 0.25) is 0 Å². The van der Waals surface area contributed by atoms with Crippen LogP contribution in [0.15, 0.2) is 12.1 Å². The normalized spacial score (nSPS) is 19.3. The number of ether oxygens (including phenoxy) is 1. The molecule has 1 amide bonds. The van der Waals surface area contributed by atoms with E-state index in [1.165, 1.54) is 16.2 Å². The molecule has 5 nitrogen and oxygen atoms in total. The summed E-state index contributed by atoms with van der Waals surface area (Å²) < 4.78 is 43.8. The highest BCUT2D eigenvalue weighted by atomic mass is 32.1. The summed E-state index contributed by atoms with van der Waals surface area (Å²) in [6.45, 7) is 1.29. The summed E-state index contributed by atoms with van der Waals surface area (Å²) in [5, 5.41) is 0.385. The van der Waals surface area contributed by atoms with Gasteiger partial charge in [0.05, 0.1) is 23.4 Å². The molecular formula is C14H14F3N3O2S. The van der Waals surface area contributed by atoms with Crippen molar-refractivity contribution in [1.82, 2.24) is 9.88 Å². The van der Waals surface area contributed by atoms with Crippen molar-refractivity contribution in [2.75, 3.05) is 25.4 Å². The van der Waals surface area contributed by atoms with Crippen LogP contribution in [0.25, 0.3) is 10.2 Å². The average molecular weight is 345 g/mol. The van der Waals surface area contributed by atoms with Crippen molar-refractivity contribution in [3.63, 3.8) is 0 Å². The van der Waals surface area contributed by atoms with Crippen LogP contribution in [0.4, 0.5) is 18.3 Å². The smallest absolute Gasteiger partial charge is 0.375 e. The molecule has 1 saturated heterocycles. The van der Waals surface area contributed by atoms with Crippen molar-refractivity contribution in [2.45, 2.75) is 19.2 Å². The van der Waals surface area contributed by atoms with E-state index in [4.69, 9.17) is 10.5 Å². The van der Waals surface area contributed by atoms with Crippen LogP contribution in [-0.2, 0) is 4.74 Å². The largest absolute Gasteiger partial charge is 0.416 e. The predicted octanol–water partition coefficient (Wildman–Crippen LogP) is 2.59. The number of amides is 1. The molecule has 1 unspecified atom stereocenters. The number of carbonyl (C=O) groups excluding carboxylic acids is 1. The Morgan fingerprint density at radius 2 is 2.22 bits per heavy atom. The van der Waals surface area contributed by atoms with Gasteiger partial charge in [-0.2, -0.15) is 13.2 Å². The minimum Gasteiger partial charge on any atom is -0.375 e. The van der Waals surface area contributed by atoms with Crippen LogP contribution in [-0.4, -0.2) is 47.8 Å². The van der Waals surface area contributed by atoms with Crippen LogP contribution in [0.1, 0.15) is 15.9 Å². The molecule has 1 aliphatic rings. The second-order valence-corrected chi connectivity index (χ2v) is 6.41. The Morgan fingerprint density at radius 3 is 2.91 bits per heavy atom. The molecule has 0 bridgehead atoms. The maximum Gasteiger partial charge on any atom is 0.416 e. The standard InChI is InChI=1S/C14H14F3N3O2S/c1-7-4-8(5-9-11(7)19-13(18)23-9)12(21)20-2-3-22-10(6-20)14(15,16)17/h4-5,10H,2-3,6H2,1H3,(H2,18,19). The Balaban J connectivity index is 1.88. The first-order chi connectivity index (χ1) is 10.8. The highest BCUT2D eigenvalue weighted by molar-refractivity contribution is 7.22. The Labute approximate surface area is 133 Å². The fourth-order valence-corrected chi connectivity index (χ4v) is 3.40. The number of aromatic nitrogens is 1. The van der Waals surface area contributed by atoms with Gasteiger partial charge in [-0.25, -0.2) is 4.98 Å². The van der Waals surface area contributed by atoms with Gasteiger partial charge in [0, 0.05) is 12.1 Å². The van der Waals surface area contributed by atoms with E-state index in [0.29, 0.717) is 16.2 Å². The molecule has 9 heteroatoms. The molecule has 1 aromatic carbocycles. The maximum atomic E-state index is 12.8. The Morgan fingerprint density at radius 1 is 1.48 bits per heavy atom. The molecule has 124 valence electrons. The number of benzene rings is 1. The molecule has 1 atom stereocenters. The molecule has 0 spiro atoms. The minimum absolute atomic E-state index is 0.132. The van der Waals surface area contributed by atoms with Crippen molar-refractivity contribution >= 4 is 32.6 Å². The molecule has 0 radical (unpaired) electrons. The zero-order valence-electron chi connectivity index (χ0n) is 12.2. The van der Waals surface area contributed by atoms with E-state index in [1.54, 1.807) is 19.1 Å². The number of aryl methyl sites for hydroxylation is 1. The molecular weight excluding hydrogens is 331 g/mol. The van der Waals surface area contributed by atoms with Crippen LogP contribution in [0.3, 0.4) is 0 Å². The van der Waals surface area contributed by atoms with Crippen LogP contribution in [0.2, 0.25) is 0 Å². The van der Waals surface area contributed by atoms with Crippen LogP contribution in [0.5, 0.6) is 0 Å². The van der Waals surface area contributed by atoms with Gasteiger partial charge in [-0.3, -0.25) is 4.79 Å². The van der Waals surface area contributed by atoms with Crippen LogP contribution >= 0.6 is 11.3 Å². The molecule has 3 rings (SSSR count). The lowest BCUT2D eigenvalue weighted by Gasteiger charge is -2.33. The van der Waals surface area contributed by atoms with Gasteiger partial charge in [0.15, 0.2) is 11.2 Å². The average Bonchev–Trinajstić information content (AvgIpc) is 2.87. The number of hydrogen-bond donors (Lipinski definition) is 1. The van der Waals surface area contributed by atoms with Gasteiger partial charge in [-0.1, -0.05) is 11.3 Å². The van der Waals surface area contributed by atoms with Gasteiger partial charge < -0.3 is 15.4 Å². The van der Waals surface area contributed by atoms with Crippen LogP contribution in [0, 0.1) is 6.92 Å². The van der Waals surface area contributed by atoms with E-state index >= 15 is 0 Å². The van der Waals surface area contributed by atoms with Crippen molar-refractivity contribution in [1.29, 1.82) is 0 Å². The number of carbonyl (C=O) groups is 1. The fourth-order valence-electron chi connectivity index (χ4n) is 2.55. The molecule has 23 heavy (non-hydrogen) atoms. The molecule has 2 heterocycles. The second kappa shape index (κ2) is 5.64. The van der Waals surface area contributed by atoms with Gasteiger partial charge in [0.25, 0.3) is 5.91 Å². The molecule has 1 aromatic heterocycles. The number of alkyl halides is 3. The maximum absolute atomic E-state index is 12.8. The fraction of sp³-hybridized carbons (Fsp3) is 0.429. The molecule has 0 aliphatic carbocycles. The Kier molecular flexibility index (Phi) is 3.93. The molecule has 1 aliphatic heterocycles. The van der Waals surface area contributed by atoms with Gasteiger partial charge in [-0.05, 0) is 24.6 Å². The third-order valence-corrected chi connectivity index (χ3v) is 4.50. The second-order valence-electron chi connectivity index (χ2n) is 5.34. The number of nitrogen functional groups attached to an aromatic ring is 1. The summed E-state index contributed by atoms with van der Waals surface area (Å²) in [6, 6.07) is 3.25. The van der Waals surface area contributed by atoms with E-state index in [-0.39, 0.29) is 13.2 Å². The third kappa shape index (κ3) is 3.11. The van der Waals surface area contributed by atoms with E-state index in [9.17, 15) is 18.0 Å². The van der Waals surface area contributed by atoms with Crippen molar-refractivity contribution in [3.8, 4) is 0 Å². The van der Waals surface area contributed by atoms with E-state index in [1.807, 2.05) is 0 Å². The van der Waals surface area contributed by atoms with Crippen LogP contribution < -0.4 is 5.73 Å². The Bertz CT molecular complexity index is 760. The SMILES string of the molecule is Cc1cc(C(=O)N2CCOC(C(F)(F)F)C2)cc2sc(N)nc12.